The van der Waals surface area contributed by atoms with Crippen molar-refractivity contribution >= 4 is 35.3 Å². The molecule has 0 aliphatic heterocycles. The summed E-state index contributed by atoms with van der Waals surface area (Å²) in [4.78, 5) is 14.0. The van der Waals surface area contributed by atoms with Crippen LogP contribution in [0, 0.1) is 13.8 Å². The Morgan fingerprint density at radius 3 is 2.32 bits per heavy atom. The van der Waals surface area contributed by atoms with Crippen LogP contribution in [0.2, 0.25) is 19.6 Å². The Kier molecular flexibility index (Phi) is 4.52. The summed E-state index contributed by atoms with van der Waals surface area (Å²) in [6.07, 6.45) is 3.92. The summed E-state index contributed by atoms with van der Waals surface area (Å²) in [5.41, 5.74) is 7.70. The van der Waals surface area contributed by atoms with Gasteiger partial charge in [0, 0.05) is 34.4 Å². The fourth-order valence-corrected chi connectivity index (χ4v) is 5.65. The van der Waals surface area contributed by atoms with Crippen molar-refractivity contribution in [2.75, 3.05) is 0 Å². The molecule has 154 valence electrons. The van der Waals surface area contributed by atoms with E-state index in [1.165, 1.54) is 16.3 Å². The SMILES string of the molecule is Cc1cc2c(oc3ncc(-c4cc(-c5ccccc5)c([Si](C)(C)C)cn4)cc32)c(C)n1. The van der Waals surface area contributed by atoms with Crippen molar-refractivity contribution in [3.63, 3.8) is 0 Å². The highest BCUT2D eigenvalue weighted by Crippen LogP contribution is 2.33. The summed E-state index contributed by atoms with van der Waals surface area (Å²) in [5, 5.41) is 3.41. The summed E-state index contributed by atoms with van der Waals surface area (Å²) in [6, 6.07) is 17.0. The fourth-order valence-electron chi connectivity index (χ4n) is 4.18. The molecule has 0 aliphatic rings. The molecule has 5 aromatic rings. The molecule has 31 heavy (non-hydrogen) atoms. The molecule has 1 aromatic carbocycles. The van der Waals surface area contributed by atoms with Crippen LogP contribution in [0.25, 0.3) is 44.5 Å². The van der Waals surface area contributed by atoms with Gasteiger partial charge in [0.05, 0.1) is 19.5 Å². The summed E-state index contributed by atoms with van der Waals surface area (Å²) in [7, 11) is -1.57. The first-order chi connectivity index (χ1) is 14.8. The molecule has 0 bridgehead atoms. The normalized spacial score (nSPS) is 12.0. The van der Waals surface area contributed by atoms with Gasteiger partial charge in [-0.25, -0.2) is 4.98 Å². The number of furan rings is 1. The van der Waals surface area contributed by atoms with E-state index >= 15 is 0 Å². The number of nitrogens with zero attached hydrogens (tertiary/aromatic N) is 3. The molecule has 0 amide bonds. The van der Waals surface area contributed by atoms with Crippen molar-refractivity contribution in [1.82, 2.24) is 15.0 Å². The molecular weight excluding hydrogens is 398 g/mol. The highest BCUT2D eigenvalue weighted by Gasteiger charge is 2.22. The molecule has 0 unspecified atom stereocenters. The quantitative estimate of drug-likeness (QED) is 0.321. The largest absolute Gasteiger partial charge is 0.436 e. The molecule has 4 heterocycles. The van der Waals surface area contributed by atoms with Crippen molar-refractivity contribution in [1.29, 1.82) is 0 Å². The summed E-state index contributed by atoms with van der Waals surface area (Å²) in [6.45, 7) is 11.1. The zero-order valence-electron chi connectivity index (χ0n) is 18.5. The molecule has 4 nitrogen and oxygen atoms in total. The van der Waals surface area contributed by atoms with Gasteiger partial charge in [-0.1, -0.05) is 50.0 Å². The second-order valence-electron chi connectivity index (χ2n) is 9.14. The number of hydrogen-bond acceptors (Lipinski definition) is 4. The van der Waals surface area contributed by atoms with Crippen LogP contribution in [0.4, 0.5) is 0 Å². The van der Waals surface area contributed by atoms with Crippen molar-refractivity contribution < 1.29 is 4.42 Å². The summed E-state index contributed by atoms with van der Waals surface area (Å²) >= 11 is 0. The number of rotatable bonds is 3. The Morgan fingerprint density at radius 1 is 0.806 bits per heavy atom. The van der Waals surface area contributed by atoms with Crippen molar-refractivity contribution in [2.24, 2.45) is 0 Å². The average Bonchev–Trinajstić information content (AvgIpc) is 3.11. The van der Waals surface area contributed by atoms with Crippen LogP contribution in [0.5, 0.6) is 0 Å². The molecule has 0 saturated heterocycles. The van der Waals surface area contributed by atoms with Crippen LogP contribution in [-0.2, 0) is 0 Å². The van der Waals surface area contributed by atoms with Gasteiger partial charge in [-0.05, 0) is 48.4 Å². The van der Waals surface area contributed by atoms with Crippen LogP contribution in [0.3, 0.4) is 0 Å². The van der Waals surface area contributed by atoms with Gasteiger partial charge in [-0.2, -0.15) is 0 Å². The van der Waals surface area contributed by atoms with Crippen molar-refractivity contribution in [3.8, 4) is 22.4 Å². The van der Waals surface area contributed by atoms with Gasteiger partial charge in [0.25, 0.3) is 0 Å². The second kappa shape index (κ2) is 7.13. The third kappa shape index (κ3) is 3.45. The minimum atomic E-state index is -1.57. The van der Waals surface area contributed by atoms with Crippen LogP contribution < -0.4 is 5.19 Å². The molecule has 5 rings (SSSR count). The van der Waals surface area contributed by atoms with E-state index < -0.39 is 8.07 Å². The van der Waals surface area contributed by atoms with E-state index in [4.69, 9.17) is 9.40 Å². The number of benzene rings is 1. The smallest absolute Gasteiger partial charge is 0.227 e. The number of fused-ring (bicyclic) bond motifs is 3. The molecule has 0 fully saturated rings. The minimum absolute atomic E-state index is 0.635. The average molecular weight is 424 g/mol. The monoisotopic (exact) mass is 423 g/mol. The van der Waals surface area contributed by atoms with Crippen molar-refractivity contribution in [3.05, 3.63) is 72.3 Å². The maximum Gasteiger partial charge on any atom is 0.227 e. The third-order valence-corrected chi connectivity index (χ3v) is 7.72. The molecule has 0 radical (unpaired) electrons. The van der Waals surface area contributed by atoms with E-state index in [-0.39, 0.29) is 0 Å². The first-order valence-corrected chi connectivity index (χ1v) is 14.0. The predicted octanol–water partition coefficient (Wildman–Crippen LogP) is 6.27. The van der Waals surface area contributed by atoms with E-state index in [0.717, 1.165) is 39.0 Å². The zero-order chi connectivity index (χ0) is 21.8. The summed E-state index contributed by atoms with van der Waals surface area (Å²) < 4.78 is 6.00. The summed E-state index contributed by atoms with van der Waals surface area (Å²) in [5.74, 6) is 0. The Balaban J connectivity index is 1.72. The topological polar surface area (TPSA) is 51.8 Å². The fraction of sp³-hybridized carbons (Fsp3) is 0.192. The standard InChI is InChI=1S/C26H25N3OSi/c1-16-11-21-22-12-19(14-28-26(22)30-25(21)17(2)29-16)23-13-20(18-9-7-6-8-10-18)24(15-27-23)31(3,4)5/h6-15H,1-5H3. The Bertz CT molecular complexity index is 1430. The predicted molar refractivity (Wildman–Crippen MR) is 130 cm³/mol. The molecule has 0 saturated carbocycles. The molecule has 0 atom stereocenters. The lowest BCUT2D eigenvalue weighted by atomic mass is 10.0. The third-order valence-electron chi connectivity index (χ3n) is 5.70. The van der Waals surface area contributed by atoms with Gasteiger partial charge in [0.15, 0.2) is 5.58 Å². The Labute approximate surface area is 183 Å². The molecule has 4 aromatic heterocycles. The number of hydrogen-bond donors (Lipinski definition) is 0. The second-order valence-corrected chi connectivity index (χ2v) is 14.2. The lowest BCUT2D eigenvalue weighted by Gasteiger charge is -2.21. The van der Waals surface area contributed by atoms with Crippen LogP contribution in [0.15, 0.2) is 65.3 Å². The van der Waals surface area contributed by atoms with E-state index in [0.29, 0.717) is 5.71 Å². The van der Waals surface area contributed by atoms with E-state index in [9.17, 15) is 0 Å². The lowest BCUT2D eigenvalue weighted by Crippen LogP contribution is -2.39. The van der Waals surface area contributed by atoms with Crippen LogP contribution in [-0.4, -0.2) is 23.0 Å². The van der Waals surface area contributed by atoms with Gasteiger partial charge in [0.2, 0.25) is 5.71 Å². The van der Waals surface area contributed by atoms with Gasteiger partial charge >= 0.3 is 0 Å². The molecule has 0 spiro atoms. The maximum atomic E-state index is 6.00. The first-order valence-electron chi connectivity index (χ1n) is 10.5. The highest BCUT2D eigenvalue weighted by molar-refractivity contribution is 6.89. The van der Waals surface area contributed by atoms with Crippen LogP contribution in [0.1, 0.15) is 11.4 Å². The Morgan fingerprint density at radius 2 is 1.58 bits per heavy atom. The molecule has 5 heteroatoms. The van der Waals surface area contributed by atoms with E-state index in [1.54, 1.807) is 0 Å². The number of aryl methyl sites for hydroxylation is 2. The molecular formula is C26H25N3OSi. The highest BCUT2D eigenvalue weighted by atomic mass is 28.3. The van der Waals surface area contributed by atoms with Crippen LogP contribution >= 0.6 is 0 Å². The maximum absolute atomic E-state index is 6.00. The van der Waals surface area contributed by atoms with Crippen molar-refractivity contribution in [2.45, 2.75) is 33.5 Å². The molecule has 0 N–H and O–H groups in total. The molecule has 0 aliphatic carbocycles. The number of pyridine rings is 3. The van der Waals surface area contributed by atoms with E-state index in [1.807, 2.05) is 20.0 Å². The first kappa shape index (κ1) is 19.6. The van der Waals surface area contributed by atoms with E-state index in [2.05, 4.69) is 84.3 Å². The van der Waals surface area contributed by atoms with Gasteiger partial charge in [0.1, 0.15) is 0 Å². The van der Waals surface area contributed by atoms with Gasteiger partial charge < -0.3 is 4.42 Å². The van der Waals surface area contributed by atoms with Gasteiger partial charge in [-0.15, -0.1) is 0 Å². The minimum Gasteiger partial charge on any atom is -0.436 e. The van der Waals surface area contributed by atoms with Gasteiger partial charge in [-0.3, -0.25) is 9.97 Å². The zero-order valence-corrected chi connectivity index (χ0v) is 19.5. The lowest BCUT2D eigenvalue weighted by molar-refractivity contribution is 0.648. The number of aromatic nitrogens is 3. The Hall–Kier alpha value is -3.31.